The van der Waals surface area contributed by atoms with Crippen LogP contribution in [0.15, 0.2) is 46.7 Å². The molecular weight excluding hydrogens is 397 g/mol. The van der Waals surface area contributed by atoms with Gasteiger partial charge in [-0.1, -0.05) is 29.3 Å². The third kappa shape index (κ3) is 4.27. The van der Waals surface area contributed by atoms with Crippen molar-refractivity contribution in [2.24, 2.45) is 0 Å². The number of nitrogens with zero attached hydrogens (tertiary/aromatic N) is 2. The quantitative estimate of drug-likeness (QED) is 0.445. The molecule has 25 heavy (non-hydrogen) atoms. The largest absolute Gasteiger partial charge is 0.320 e. The molecule has 1 N–H and O–H groups in total. The van der Waals surface area contributed by atoms with Crippen LogP contribution in [0.2, 0.25) is 10.0 Å². The molecule has 1 aromatic carbocycles. The fourth-order valence-corrected chi connectivity index (χ4v) is 3.87. The van der Waals surface area contributed by atoms with Crippen molar-refractivity contribution in [1.82, 2.24) is 4.98 Å². The summed E-state index contributed by atoms with van der Waals surface area (Å²) in [5.74, 6) is -0.572. The predicted octanol–water partition coefficient (Wildman–Crippen LogP) is 5.72. The highest BCUT2D eigenvalue weighted by atomic mass is 35.5. The first-order valence-corrected chi connectivity index (χ1v) is 9.46. The highest BCUT2D eigenvalue weighted by molar-refractivity contribution is 7.20. The van der Waals surface area contributed by atoms with E-state index in [1.54, 1.807) is 28.8 Å². The van der Waals surface area contributed by atoms with E-state index in [0.29, 0.717) is 21.4 Å². The maximum Gasteiger partial charge on any atom is 0.266 e. The van der Waals surface area contributed by atoms with Gasteiger partial charge in [0.05, 0.1) is 21.3 Å². The Hall–Kier alpha value is -2.17. The molecule has 0 aliphatic heterocycles. The minimum atomic E-state index is -0.572. The average Bonchev–Trinajstić information content (AvgIpc) is 3.27. The molecule has 124 valence electrons. The van der Waals surface area contributed by atoms with Crippen molar-refractivity contribution in [3.8, 4) is 16.0 Å². The number of hydrogen-bond acceptors (Lipinski definition) is 5. The van der Waals surface area contributed by atoms with E-state index in [0.717, 1.165) is 9.88 Å². The van der Waals surface area contributed by atoms with Gasteiger partial charge in [-0.15, -0.1) is 22.7 Å². The van der Waals surface area contributed by atoms with Gasteiger partial charge in [-0.05, 0) is 35.7 Å². The van der Waals surface area contributed by atoms with Gasteiger partial charge in [-0.2, -0.15) is 5.26 Å². The van der Waals surface area contributed by atoms with E-state index >= 15 is 0 Å². The number of nitriles is 1. The highest BCUT2D eigenvalue weighted by Crippen LogP contribution is 2.29. The van der Waals surface area contributed by atoms with Crippen molar-refractivity contribution in [2.75, 3.05) is 5.32 Å². The van der Waals surface area contributed by atoms with Crippen LogP contribution in [0.4, 0.5) is 5.69 Å². The summed E-state index contributed by atoms with van der Waals surface area (Å²) in [7, 11) is 0. The number of anilines is 1. The molecule has 8 heteroatoms. The van der Waals surface area contributed by atoms with Crippen molar-refractivity contribution in [3.05, 3.63) is 62.4 Å². The van der Waals surface area contributed by atoms with Crippen molar-refractivity contribution in [3.63, 3.8) is 0 Å². The summed E-state index contributed by atoms with van der Waals surface area (Å²) >= 11 is 15.0. The monoisotopic (exact) mass is 405 g/mol. The van der Waals surface area contributed by atoms with E-state index in [-0.39, 0.29) is 5.57 Å². The van der Waals surface area contributed by atoms with Crippen molar-refractivity contribution in [1.29, 1.82) is 5.26 Å². The zero-order valence-electron chi connectivity index (χ0n) is 12.5. The van der Waals surface area contributed by atoms with E-state index in [1.807, 2.05) is 23.6 Å². The normalized spacial score (nSPS) is 11.2. The van der Waals surface area contributed by atoms with Gasteiger partial charge in [0.15, 0.2) is 0 Å². The molecule has 3 aromatic rings. The van der Waals surface area contributed by atoms with Gasteiger partial charge >= 0.3 is 0 Å². The Kier molecular flexibility index (Phi) is 5.51. The maximum absolute atomic E-state index is 12.3. The van der Waals surface area contributed by atoms with Gasteiger partial charge in [0.2, 0.25) is 0 Å². The Morgan fingerprint density at radius 2 is 2.12 bits per heavy atom. The smallest absolute Gasteiger partial charge is 0.266 e. The Balaban J connectivity index is 1.82. The number of carbonyl (C=O) groups excluding carboxylic acids is 1. The summed E-state index contributed by atoms with van der Waals surface area (Å²) in [6.07, 6.45) is 1.45. The molecule has 0 saturated heterocycles. The summed E-state index contributed by atoms with van der Waals surface area (Å²) in [5.41, 5.74) is 0.828. The molecule has 2 heterocycles. The van der Waals surface area contributed by atoms with Crippen LogP contribution in [0.1, 0.15) is 5.69 Å². The molecule has 0 radical (unpaired) electrons. The number of nitrogens with one attached hydrogen (secondary N) is 1. The lowest BCUT2D eigenvalue weighted by Crippen LogP contribution is -2.13. The molecule has 0 fully saturated rings. The Bertz CT molecular complexity index is 988. The van der Waals surface area contributed by atoms with E-state index in [1.165, 1.54) is 23.5 Å². The van der Waals surface area contributed by atoms with Crippen molar-refractivity contribution < 1.29 is 4.79 Å². The first-order chi connectivity index (χ1) is 12.1. The molecule has 3 rings (SSSR count). The van der Waals surface area contributed by atoms with Gasteiger partial charge in [-0.3, -0.25) is 4.79 Å². The number of rotatable bonds is 4. The van der Waals surface area contributed by atoms with Crippen LogP contribution in [-0.2, 0) is 4.79 Å². The van der Waals surface area contributed by atoms with E-state index < -0.39 is 5.91 Å². The SMILES string of the molecule is N#C/C(=C/c1csc(-c2cccs2)n1)C(=O)Nc1cc(Cl)ccc1Cl. The summed E-state index contributed by atoms with van der Waals surface area (Å²) in [5, 5.41) is 17.3. The molecule has 0 aliphatic rings. The van der Waals surface area contributed by atoms with Gasteiger partial charge in [0.25, 0.3) is 5.91 Å². The first kappa shape index (κ1) is 17.6. The van der Waals surface area contributed by atoms with Gasteiger partial charge < -0.3 is 5.32 Å². The topological polar surface area (TPSA) is 65.8 Å². The average molecular weight is 406 g/mol. The number of carbonyl (C=O) groups is 1. The molecule has 2 aromatic heterocycles. The molecular formula is C17H9Cl2N3OS2. The third-order valence-corrected chi connectivity index (χ3v) is 5.55. The minimum Gasteiger partial charge on any atom is -0.320 e. The molecule has 0 spiro atoms. The zero-order chi connectivity index (χ0) is 17.8. The maximum atomic E-state index is 12.3. The van der Waals surface area contributed by atoms with Crippen LogP contribution in [-0.4, -0.2) is 10.9 Å². The lowest BCUT2D eigenvalue weighted by atomic mass is 10.2. The Morgan fingerprint density at radius 3 is 2.84 bits per heavy atom. The van der Waals surface area contributed by atoms with Gasteiger partial charge in [-0.25, -0.2) is 4.98 Å². The second-order valence-electron chi connectivity index (χ2n) is 4.80. The second-order valence-corrected chi connectivity index (χ2v) is 7.45. The number of aromatic nitrogens is 1. The predicted molar refractivity (Wildman–Crippen MR) is 104 cm³/mol. The number of hydrogen-bond donors (Lipinski definition) is 1. The molecule has 0 atom stereocenters. The third-order valence-electron chi connectivity index (χ3n) is 3.09. The fraction of sp³-hybridized carbons (Fsp3) is 0. The van der Waals surface area contributed by atoms with Crippen LogP contribution < -0.4 is 5.32 Å². The van der Waals surface area contributed by atoms with Crippen molar-refractivity contribution >= 4 is 63.5 Å². The molecule has 1 amide bonds. The number of benzene rings is 1. The summed E-state index contributed by atoms with van der Waals surface area (Å²) in [4.78, 5) is 17.8. The first-order valence-electron chi connectivity index (χ1n) is 6.94. The number of thiophene rings is 1. The van der Waals surface area contributed by atoms with E-state index in [2.05, 4.69) is 10.3 Å². The summed E-state index contributed by atoms with van der Waals surface area (Å²) in [6, 6.07) is 10.5. The molecule has 0 bridgehead atoms. The Morgan fingerprint density at radius 1 is 1.28 bits per heavy atom. The number of halogens is 2. The molecule has 4 nitrogen and oxygen atoms in total. The van der Waals surface area contributed by atoms with Gasteiger partial charge in [0, 0.05) is 10.4 Å². The van der Waals surface area contributed by atoms with E-state index in [4.69, 9.17) is 23.2 Å². The summed E-state index contributed by atoms with van der Waals surface area (Å²) < 4.78 is 0. The standard InChI is InChI=1S/C17H9Cl2N3OS2/c18-11-3-4-13(19)14(7-11)22-16(23)10(8-20)6-12-9-25-17(21-12)15-2-1-5-24-15/h1-7,9H,(H,22,23)/b10-6-. The fourth-order valence-electron chi connectivity index (χ4n) is 1.95. The Labute approximate surface area is 162 Å². The van der Waals surface area contributed by atoms with Crippen LogP contribution in [0.3, 0.4) is 0 Å². The number of amides is 1. The van der Waals surface area contributed by atoms with Crippen LogP contribution in [0.5, 0.6) is 0 Å². The summed E-state index contributed by atoms with van der Waals surface area (Å²) in [6.45, 7) is 0. The number of thiazole rings is 1. The molecule has 0 saturated carbocycles. The zero-order valence-corrected chi connectivity index (χ0v) is 15.6. The molecule has 0 aliphatic carbocycles. The van der Waals surface area contributed by atoms with E-state index in [9.17, 15) is 10.1 Å². The van der Waals surface area contributed by atoms with Crippen LogP contribution in [0.25, 0.3) is 16.0 Å². The van der Waals surface area contributed by atoms with Crippen LogP contribution >= 0.6 is 45.9 Å². The van der Waals surface area contributed by atoms with Crippen LogP contribution in [0, 0.1) is 11.3 Å². The highest BCUT2D eigenvalue weighted by Gasteiger charge is 2.13. The molecule has 0 unspecified atom stereocenters. The lowest BCUT2D eigenvalue weighted by molar-refractivity contribution is -0.112. The van der Waals surface area contributed by atoms with Gasteiger partial charge in [0.1, 0.15) is 16.6 Å². The lowest BCUT2D eigenvalue weighted by Gasteiger charge is -2.06. The second kappa shape index (κ2) is 7.81. The van der Waals surface area contributed by atoms with Crippen molar-refractivity contribution in [2.45, 2.75) is 0 Å². The minimum absolute atomic E-state index is 0.0703.